The van der Waals surface area contributed by atoms with Gasteiger partial charge in [0.1, 0.15) is 5.70 Å². The predicted octanol–water partition coefficient (Wildman–Crippen LogP) is 6.48. The lowest BCUT2D eigenvalue weighted by atomic mass is 10.1. The Labute approximate surface area is 255 Å². The molecule has 1 unspecified atom stereocenters. The number of aryl methyl sites for hydroxylation is 1. The molecule has 0 spiro atoms. The fourth-order valence-corrected chi connectivity index (χ4v) is 4.89. The van der Waals surface area contributed by atoms with E-state index in [4.69, 9.17) is 0 Å². The van der Waals surface area contributed by atoms with Gasteiger partial charge in [-0.05, 0) is 86.2 Å². The van der Waals surface area contributed by atoms with Crippen molar-refractivity contribution in [1.29, 1.82) is 0 Å². The van der Waals surface area contributed by atoms with Crippen LogP contribution in [0.5, 0.6) is 0 Å². The van der Waals surface area contributed by atoms with Crippen LogP contribution < -0.4 is 21.3 Å². The van der Waals surface area contributed by atoms with Gasteiger partial charge in [0.25, 0.3) is 11.8 Å². The SMILES string of the molecule is CC(=O)Nc1ccc(NC(=O)C(C)Sc2ccc(NC(=O)/C(=C/c3cccc(C)c3)NC(=O)c3ccccc3)cc2)cc1. The lowest BCUT2D eigenvalue weighted by Crippen LogP contribution is -2.30. The smallest absolute Gasteiger partial charge is 0.272 e. The van der Waals surface area contributed by atoms with Gasteiger partial charge in [0.2, 0.25) is 11.8 Å². The van der Waals surface area contributed by atoms with E-state index in [1.165, 1.54) is 18.7 Å². The maximum absolute atomic E-state index is 13.3. The van der Waals surface area contributed by atoms with Crippen molar-refractivity contribution in [2.24, 2.45) is 0 Å². The van der Waals surface area contributed by atoms with Gasteiger partial charge in [-0.3, -0.25) is 19.2 Å². The molecule has 0 fully saturated rings. The molecule has 218 valence electrons. The van der Waals surface area contributed by atoms with Crippen LogP contribution in [-0.4, -0.2) is 28.9 Å². The molecule has 1 atom stereocenters. The standard InChI is InChI=1S/C34H32N4O4S/c1-22-8-7-9-25(20-22)21-31(38-33(41)26-10-5-4-6-11-26)34(42)37-29-16-18-30(19-17-29)43-23(2)32(40)36-28-14-12-27(13-15-28)35-24(3)39/h4-21,23H,1-3H3,(H,35,39)(H,36,40)(H,37,42)(H,38,41)/b31-21-. The van der Waals surface area contributed by atoms with Crippen molar-refractivity contribution in [2.75, 3.05) is 16.0 Å². The van der Waals surface area contributed by atoms with E-state index in [-0.39, 0.29) is 17.5 Å². The van der Waals surface area contributed by atoms with E-state index >= 15 is 0 Å². The Kier molecular flexibility index (Phi) is 10.5. The molecule has 0 heterocycles. The van der Waals surface area contributed by atoms with E-state index in [0.29, 0.717) is 22.6 Å². The van der Waals surface area contributed by atoms with Crippen molar-refractivity contribution in [3.63, 3.8) is 0 Å². The molecule has 8 nitrogen and oxygen atoms in total. The number of rotatable bonds is 10. The van der Waals surface area contributed by atoms with Crippen LogP contribution in [0.3, 0.4) is 0 Å². The Hall–Kier alpha value is -5.15. The average Bonchev–Trinajstić information content (AvgIpc) is 2.99. The maximum atomic E-state index is 13.3. The number of nitrogens with one attached hydrogen (secondary N) is 4. The van der Waals surface area contributed by atoms with Gasteiger partial charge in [0, 0.05) is 34.4 Å². The van der Waals surface area contributed by atoms with Crippen LogP contribution in [0.4, 0.5) is 17.1 Å². The zero-order valence-electron chi connectivity index (χ0n) is 24.0. The maximum Gasteiger partial charge on any atom is 0.272 e. The zero-order chi connectivity index (χ0) is 30.8. The van der Waals surface area contributed by atoms with Crippen molar-refractivity contribution in [1.82, 2.24) is 5.32 Å². The van der Waals surface area contributed by atoms with Crippen LogP contribution in [0.2, 0.25) is 0 Å². The summed E-state index contributed by atoms with van der Waals surface area (Å²) in [5, 5.41) is 10.8. The van der Waals surface area contributed by atoms with Gasteiger partial charge in [0.15, 0.2) is 0 Å². The van der Waals surface area contributed by atoms with Gasteiger partial charge in [-0.2, -0.15) is 0 Å². The van der Waals surface area contributed by atoms with Crippen molar-refractivity contribution in [3.8, 4) is 0 Å². The summed E-state index contributed by atoms with van der Waals surface area (Å²) in [7, 11) is 0. The van der Waals surface area contributed by atoms with Crippen LogP contribution in [0.25, 0.3) is 6.08 Å². The minimum atomic E-state index is -0.469. The van der Waals surface area contributed by atoms with Crippen molar-refractivity contribution < 1.29 is 19.2 Å². The number of thioether (sulfide) groups is 1. The first-order chi connectivity index (χ1) is 20.7. The number of anilines is 3. The molecule has 0 saturated carbocycles. The molecule has 0 saturated heterocycles. The number of benzene rings is 4. The summed E-state index contributed by atoms with van der Waals surface area (Å²) in [6.45, 7) is 5.19. The molecule has 4 N–H and O–H groups in total. The first kappa shape index (κ1) is 30.8. The number of carbonyl (C=O) groups excluding carboxylic acids is 4. The van der Waals surface area contributed by atoms with Gasteiger partial charge in [-0.15, -0.1) is 11.8 Å². The van der Waals surface area contributed by atoms with Crippen LogP contribution in [-0.2, 0) is 14.4 Å². The van der Waals surface area contributed by atoms with E-state index < -0.39 is 17.1 Å². The second-order valence-electron chi connectivity index (χ2n) is 9.78. The highest BCUT2D eigenvalue weighted by molar-refractivity contribution is 8.00. The highest BCUT2D eigenvalue weighted by Crippen LogP contribution is 2.26. The highest BCUT2D eigenvalue weighted by atomic mass is 32.2. The first-order valence-electron chi connectivity index (χ1n) is 13.6. The minimum Gasteiger partial charge on any atom is -0.326 e. The normalized spacial score (nSPS) is 11.7. The van der Waals surface area contributed by atoms with Gasteiger partial charge < -0.3 is 21.3 Å². The third-order valence-electron chi connectivity index (χ3n) is 6.15. The molecule has 0 radical (unpaired) electrons. The molecule has 0 aliphatic heterocycles. The summed E-state index contributed by atoms with van der Waals surface area (Å²) < 4.78 is 0. The predicted molar refractivity (Wildman–Crippen MR) is 173 cm³/mol. The van der Waals surface area contributed by atoms with Gasteiger partial charge in [-0.1, -0.05) is 48.0 Å². The Morgan fingerprint density at radius 1 is 0.721 bits per heavy atom. The quantitative estimate of drug-likeness (QED) is 0.124. The second-order valence-corrected chi connectivity index (χ2v) is 11.2. The summed E-state index contributed by atoms with van der Waals surface area (Å²) in [5.41, 5.74) is 4.16. The molecule has 4 aromatic rings. The number of hydrogen-bond donors (Lipinski definition) is 4. The van der Waals surface area contributed by atoms with E-state index in [1.54, 1.807) is 73.7 Å². The Balaban J connectivity index is 1.39. The monoisotopic (exact) mass is 592 g/mol. The molecule has 0 aliphatic rings. The Morgan fingerprint density at radius 3 is 1.95 bits per heavy atom. The Bertz CT molecular complexity index is 1640. The van der Waals surface area contributed by atoms with E-state index in [2.05, 4.69) is 21.3 Å². The molecular weight excluding hydrogens is 560 g/mol. The lowest BCUT2D eigenvalue weighted by Gasteiger charge is -2.14. The molecule has 0 bridgehead atoms. The average molecular weight is 593 g/mol. The lowest BCUT2D eigenvalue weighted by molar-refractivity contribution is -0.115. The van der Waals surface area contributed by atoms with Crippen LogP contribution in [0.1, 0.15) is 35.3 Å². The van der Waals surface area contributed by atoms with Crippen molar-refractivity contribution in [3.05, 3.63) is 126 Å². The topological polar surface area (TPSA) is 116 Å². The summed E-state index contributed by atoms with van der Waals surface area (Å²) >= 11 is 1.38. The van der Waals surface area contributed by atoms with E-state index in [0.717, 1.165) is 16.0 Å². The summed E-state index contributed by atoms with van der Waals surface area (Å²) in [4.78, 5) is 50.9. The van der Waals surface area contributed by atoms with Gasteiger partial charge >= 0.3 is 0 Å². The molecule has 4 rings (SSSR count). The molecule has 0 aromatic heterocycles. The number of hydrogen-bond acceptors (Lipinski definition) is 5. The van der Waals surface area contributed by atoms with Crippen LogP contribution in [0.15, 0.2) is 114 Å². The number of amides is 4. The molecular formula is C34H32N4O4S. The molecule has 0 aliphatic carbocycles. The number of carbonyl (C=O) groups is 4. The zero-order valence-corrected chi connectivity index (χ0v) is 24.8. The summed E-state index contributed by atoms with van der Waals surface area (Å²) in [6, 6.07) is 30.3. The fourth-order valence-electron chi connectivity index (χ4n) is 4.03. The highest BCUT2D eigenvalue weighted by Gasteiger charge is 2.17. The fraction of sp³-hybridized carbons (Fsp3) is 0.118. The largest absolute Gasteiger partial charge is 0.326 e. The van der Waals surface area contributed by atoms with E-state index in [9.17, 15) is 19.2 Å². The van der Waals surface area contributed by atoms with Crippen LogP contribution in [0, 0.1) is 6.92 Å². The summed E-state index contributed by atoms with van der Waals surface area (Å²) in [6.07, 6.45) is 1.64. The molecule has 43 heavy (non-hydrogen) atoms. The van der Waals surface area contributed by atoms with Crippen LogP contribution >= 0.6 is 11.8 Å². The van der Waals surface area contributed by atoms with Gasteiger partial charge in [-0.25, -0.2) is 0 Å². The third-order valence-corrected chi connectivity index (χ3v) is 7.26. The molecule has 4 amide bonds. The van der Waals surface area contributed by atoms with E-state index in [1.807, 2.05) is 49.4 Å². The minimum absolute atomic E-state index is 0.105. The summed E-state index contributed by atoms with van der Waals surface area (Å²) in [5.74, 6) is -1.20. The molecule has 4 aromatic carbocycles. The first-order valence-corrected chi connectivity index (χ1v) is 14.5. The third kappa shape index (κ3) is 9.44. The Morgan fingerprint density at radius 2 is 1.33 bits per heavy atom. The second kappa shape index (κ2) is 14.7. The molecule has 9 heteroatoms. The van der Waals surface area contributed by atoms with Crippen molar-refractivity contribution >= 4 is 58.5 Å². The van der Waals surface area contributed by atoms with Gasteiger partial charge in [0.05, 0.1) is 5.25 Å². The van der Waals surface area contributed by atoms with Crippen molar-refractivity contribution in [2.45, 2.75) is 30.9 Å².